The lowest BCUT2D eigenvalue weighted by molar-refractivity contribution is 0.776. The molecule has 52 valence electrons. The van der Waals surface area contributed by atoms with E-state index in [2.05, 4.69) is 12.7 Å². The molecule has 0 spiro atoms. The second-order valence-electron chi connectivity index (χ2n) is 1.40. The molecular formula is C6H16ClN. The Morgan fingerprint density at radius 2 is 1.75 bits per heavy atom. The average molecular weight is 138 g/mol. The van der Waals surface area contributed by atoms with Crippen LogP contribution in [0.3, 0.4) is 0 Å². The van der Waals surface area contributed by atoms with Crippen molar-refractivity contribution in [3.05, 3.63) is 0 Å². The van der Waals surface area contributed by atoms with Gasteiger partial charge in [-0.15, -0.1) is 11.6 Å². The average Bonchev–Trinajstić information content (AvgIpc) is 1.88. The van der Waals surface area contributed by atoms with Gasteiger partial charge in [-0.25, -0.2) is 0 Å². The summed E-state index contributed by atoms with van der Waals surface area (Å²) in [5, 5.41) is 0. The Morgan fingerprint density at radius 1 is 1.25 bits per heavy atom. The van der Waals surface area contributed by atoms with Gasteiger partial charge in [0.15, 0.2) is 0 Å². The Kier molecular flexibility index (Phi) is 21.8. The van der Waals surface area contributed by atoms with Crippen LogP contribution < -0.4 is 5.73 Å². The van der Waals surface area contributed by atoms with Crippen molar-refractivity contribution < 1.29 is 0 Å². The minimum atomic E-state index is 0.827. The van der Waals surface area contributed by atoms with E-state index in [9.17, 15) is 0 Å². The molecule has 0 bridgehead atoms. The lowest BCUT2D eigenvalue weighted by Gasteiger charge is -1.84. The van der Waals surface area contributed by atoms with Crippen LogP contribution in [0.25, 0.3) is 0 Å². The van der Waals surface area contributed by atoms with Crippen LogP contribution in [0.4, 0.5) is 0 Å². The van der Waals surface area contributed by atoms with Gasteiger partial charge in [0.25, 0.3) is 0 Å². The van der Waals surface area contributed by atoms with Gasteiger partial charge in [0, 0.05) is 5.88 Å². The first-order valence-corrected chi connectivity index (χ1v) is 3.59. The largest absolute Gasteiger partial charge is 0.333 e. The van der Waals surface area contributed by atoms with Crippen LogP contribution >= 0.6 is 11.6 Å². The van der Waals surface area contributed by atoms with Crippen molar-refractivity contribution in [2.45, 2.75) is 26.2 Å². The monoisotopic (exact) mass is 137 g/mol. The second-order valence-corrected chi connectivity index (χ2v) is 1.77. The Morgan fingerprint density at radius 3 is 1.88 bits per heavy atom. The minimum Gasteiger partial charge on any atom is -0.333 e. The van der Waals surface area contributed by atoms with E-state index in [4.69, 9.17) is 11.6 Å². The topological polar surface area (TPSA) is 26.0 Å². The lowest BCUT2D eigenvalue weighted by Crippen LogP contribution is -1.70. The molecule has 0 aromatic heterocycles. The maximum Gasteiger partial charge on any atom is 0.0223 e. The molecule has 0 aromatic rings. The fourth-order valence-corrected chi connectivity index (χ4v) is 0.533. The standard InChI is InChI=1S/C5H11Cl.CH5N/c1-2-3-4-5-6;1-2/h2-5H2,1H3;2H2,1H3. The molecule has 2 N–H and O–H groups in total. The van der Waals surface area contributed by atoms with Crippen LogP contribution in [-0.4, -0.2) is 12.9 Å². The molecule has 0 rings (SSSR count). The molecule has 2 heteroatoms. The molecule has 0 saturated heterocycles. The fourth-order valence-electron chi connectivity index (χ4n) is 0.344. The van der Waals surface area contributed by atoms with Crippen molar-refractivity contribution in [3.8, 4) is 0 Å². The van der Waals surface area contributed by atoms with Crippen molar-refractivity contribution in [1.29, 1.82) is 0 Å². The van der Waals surface area contributed by atoms with Gasteiger partial charge in [-0.2, -0.15) is 0 Å². The summed E-state index contributed by atoms with van der Waals surface area (Å²) in [6.45, 7) is 2.17. The summed E-state index contributed by atoms with van der Waals surface area (Å²) in [5.74, 6) is 0.827. The zero-order valence-electron chi connectivity index (χ0n) is 5.78. The summed E-state index contributed by atoms with van der Waals surface area (Å²) in [7, 11) is 1.50. The molecule has 0 fully saturated rings. The van der Waals surface area contributed by atoms with Gasteiger partial charge in [0.1, 0.15) is 0 Å². The second kappa shape index (κ2) is 15.7. The molecule has 0 amide bonds. The van der Waals surface area contributed by atoms with Crippen molar-refractivity contribution in [2.24, 2.45) is 5.73 Å². The fraction of sp³-hybridized carbons (Fsp3) is 1.00. The Hall–Kier alpha value is 0.250. The van der Waals surface area contributed by atoms with Gasteiger partial charge in [-0.05, 0) is 13.5 Å². The predicted octanol–water partition coefficient (Wildman–Crippen LogP) is 1.99. The Balaban J connectivity index is 0. The number of nitrogens with two attached hydrogens (primary N) is 1. The van der Waals surface area contributed by atoms with Crippen molar-refractivity contribution in [2.75, 3.05) is 12.9 Å². The number of halogens is 1. The number of hydrogen-bond acceptors (Lipinski definition) is 1. The van der Waals surface area contributed by atoms with E-state index in [0.717, 1.165) is 5.88 Å². The van der Waals surface area contributed by atoms with Crippen LogP contribution in [0.1, 0.15) is 26.2 Å². The quantitative estimate of drug-likeness (QED) is 0.467. The first-order valence-electron chi connectivity index (χ1n) is 3.05. The SMILES string of the molecule is CCCCCCl.CN. The Labute approximate surface area is 57.2 Å². The van der Waals surface area contributed by atoms with Crippen LogP contribution in [0.5, 0.6) is 0 Å². The summed E-state index contributed by atoms with van der Waals surface area (Å²) in [5.41, 5.74) is 4.50. The molecule has 0 aliphatic heterocycles. The van der Waals surface area contributed by atoms with Crippen LogP contribution in [-0.2, 0) is 0 Å². The van der Waals surface area contributed by atoms with E-state index in [1.54, 1.807) is 0 Å². The van der Waals surface area contributed by atoms with E-state index in [1.165, 1.54) is 26.3 Å². The first-order chi connectivity index (χ1) is 3.91. The summed E-state index contributed by atoms with van der Waals surface area (Å²) < 4.78 is 0. The third-order valence-corrected chi connectivity index (χ3v) is 1.00. The van der Waals surface area contributed by atoms with Crippen molar-refractivity contribution >= 4 is 11.6 Å². The van der Waals surface area contributed by atoms with E-state index < -0.39 is 0 Å². The van der Waals surface area contributed by atoms with Gasteiger partial charge in [0.05, 0.1) is 0 Å². The number of unbranched alkanes of at least 4 members (excludes halogenated alkanes) is 2. The molecular weight excluding hydrogens is 122 g/mol. The van der Waals surface area contributed by atoms with Gasteiger partial charge >= 0.3 is 0 Å². The summed E-state index contributed by atoms with van der Waals surface area (Å²) in [6, 6.07) is 0. The summed E-state index contributed by atoms with van der Waals surface area (Å²) in [4.78, 5) is 0. The maximum absolute atomic E-state index is 5.38. The highest BCUT2D eigenvalue weighted by atomic mass is 35.5. The van der Waals surface area contributed by atoms with Crippen molar-refractivity contribution in [3.63, 3.8) is 0 Å². The number of rotatable bonds is 3. The number of hydrogen-bond donors (Lipinski definition) is 1. The van der Waals surface area contributed by atoms with Crippen LogP contribution in [0.2, 0.25) is 0 Å². The normalized spacial score (nSPS) is 7.50. The van der Waals surface area contributed by atoms with Crippen LogP contribution in [0.15, 0.2) is 0 Å². The zero-order chi connectivity index (χ0) is 6.83. The molecule has 0 aliphatic rings. The highest BCUT2D eigenvalue weighted by Gasteiger charge is 1.76. The molecule has 0 aromatic carbocycles. The molecule has 8 heavy (non-hydrogen) atoms. The van der Waals surface area contributed by atoms with Gasteiger partial charge in [0.2, 0.25) is 0 Å². The molecule has 0 aliphatic carbocycles. The van der Waals surface area contributed by atoms with Crippen molar-refractivity contribution in [1.82, 2.24) is 0 Å². The predicted molar refractivity (Wildman–Crippen MR) is 40.4 cm³/mol. The van der Waals surface area contributed by atoms with E-state index in [-0.39, 0.29) is 0 Å². The van der Waals surface area contributed by atoms with E-state index in [1.807, 2.05) is 0 Å². The Bertz CT molecular complexity index is 20.5. The van der Waals surface area contributed by atoms with Crippen LogP contribution in [0, 0.1) is 0 Å². The van der Waals surface area contributed by atoms with Gasteiger partial charge < -0.3 is 5.73 Å². The third kappa shape index (κ3) is 16.3. The van der Waals surface area contributed by atoms with E-state index in [0.29, 0.717) is 0 Å². The smallest absolute Gasteiger partial charge is 0.0223 e. The molecule has 0 saturated carbocycles. The molecule has 0 unspecified atom stereocenters. The van der Waals surface area contributed by atoms with Gasteiger partial charge in [-0.1, -0.05) is 19.8 Å². The third-order valence-electron chi connectivity index (χ3n) is 0.737. The first kappa shape index (κ1) is 11.1. The molecule has 0 radical (unpaired) electrons. The maximum atomic E-state index is 5.38. The summed E-state index contributed by atoms with van der Waals surface area (Å²) in [6.07, 6.45) is 3.73. The van der Waals surface area contributed by atoms with Gasteiger partial charge in [-0.3, -0.25) is 0 Å². The number of alkyl halides is 1. The highest BCUT2D eigenvalue weighted by Crippen LogP contribution is 1.93. The lowest BCUT2D eigenvalue weighted by atomic mass is 10.3. The molecule has 0 heterocycles. The zero-order valence-corrected chi connectivity index (χ0v) is 6.54. The minimum absolute atomic E-state index is 0.827. The summed E-state index contributed by atoms with van der Waals surface area (Å²) >= 11 is 5.38. The highest BCUT2D eigenvalue weighted by molar-refractivity contribution is 6.17. The van der Waals surface area contributed by atoms with E-state index >= 15 is 0 Å². The molecule has 0 atom stereocenters. The molecule has 1 nitrogen and oxygen atoms in total.